The fourth-order valence-corrected chi connectivity index (χ4v) is 6.64. The van der Waals surface area contributed by atoms with E-state index < -0.39 is 10.0 Å². The summed E-state index contributed by atoms with van der Waals surface area (Å²) in [5.74, 6) is -0.266. The molecule has 3 heterocycles. The first kappa shape index (κ1) is 22.0. The molecule has 0 aliphatic carbocycles. The number of amides is 2. The molecule has 1 aromatic heterocycles. The van der Waals surface area contributed by atoms with Gasteiger partial charge in [0.15, 0.2) is 0 Å². The van der Waals surface area contributed by atoms with Crippen LogP contribution in [0, 0.1) is 0 Å². The molecule has 1 unspecified atom stereocenters. The number of nitrogens with zero attached hydrogens (tertiary/aromatic N) is 2. The van der Waals surface area contributed by atoms with Crippen LogP contribution in [0.2, 0.25) is 0 Å². The first-order valence-electron chi connectivity index (χ1n) is 10.6. The molecule has 1 N–H and O–H groups in total. The van der Waals surface area contributed by atoms with Crippen LogP contribution in [0.15, 0.2) is 40.6 Å². The highest BCUT2D eigenvalue weighted by Crippen LogP contribution is 2.33. The highest BCUT2D eigenvalue weighted by Gasteiger charge is 2.31. The molecule has 0 bridgehead atoms. The number of thiophene rings is 1. The van der Waals surface area contributed by atoms with Crippen LogP contribution >= 0.6 is 11.3 Å². The highest BCUT2D eigenvalue weighted by molar-refractivity contribution is 7.89. The molecule has 1 aromatic carbocycles. The van der Waals surface area contributed by atoms with Crippen LogP contribution in [0.5, 0.6) is 0 Å². The van der Waals surface area contributed by atoms with Crippen molar-refractivity contribution in [3.05, 3.63) is 46.2 Å². The van der Waals surface area contributed by atoms with E-state index in [0.717, 1.165) is 35.4 Å². The topological polar surface area (TPSA) is 86.8 Å². The molecular formula is C22H27N3O4S2. The Morgan fingerprint density at radius 2 is 1.90 bits per heavy atom. The molecule has 1 saturated heterocycles. The Labute approximate surface area is 187 Å². The summed E-state index contributed by atoms with van der Waals surface area (Å²) in [6.07, 6.45) is 3.64. The summed E-state index contributed by atoms with van der Waals surface area (Å²) < 4.78 is 27.5. The third-order valence-corrected chi connectivity index (χ3v) is 8.72. The van der Waals surface area contributed by atoms with E-state index in [4.69, 9.17) is 0 Å². The summed E-state index contributed by atoms with van der Waals surface area (Å²) in [6, 6.07) is 8.52. The van der Waals surface area contributed by atoms with Gasteiger partial charge in [0.2, 0.25) is 21.8 Å². The number of piperidine rings is 1. The molecule has 0 spiro atoms. The van der Waals surface area contributed by atoms with Crippen LogP contribution in [0.1, 0.15) is 49.1 Å². The second-order valence-corrected chi connectivity index (χ2v) is 10.9. The Balaban J connectivity index is 1.52. The third-order valence-electron chi connectivity index (χ3n) is 5.84. The molecule has 0 saturated carbocycles. The minimum absolute atomic E-state index is 0.0856. The lowest BCUT2D eigenvalue weighted by Gasteiger charge is -2.26. The zero-order chi connectivity index (χ0) is 22.0. The molecule has 166 valence electrons. The highest BCUT2D eigenvalue weighted by atomic mass is 32.2. The Kier molecular flexibility index (Phi) is 6.45. The van der Waals surface area contributed by atoms with E-state index in [1.807, 2.05) is 17.5 Å². The molecule has 9 heteroatoms. The van der Waals surface area contributed by atoms with Crippen molar-refractivity contribution in [2.24, 2.45) is 0 Å². The van der Waals surface area contributed by atoms with Gasteiger partial charge in [-0.15, -0.1) is 11.3 Å². The molecule has 4 rings (SSSR count). The lowest BCUT2D eigenvalue weighted by atomic mass is 10.1. The maximum absolute atomic E-state index is 13.1. The van der Waals surface area contributed by atoms with Crippen molar-refractivity contribution in [2.45, 2.75) is 50.0 Å². The van der Waals surface area contributed by atoms with Gasteiger partial charge in [-0.2, -0.15) is 4.31 Å². The average Bonchev–Trinajstić information content (AvgIpc) is 3.43. The number of benzene rings is 1. The van der Waals surface area contributed by atoms with Gasteiger partial charge < -0.3 is 10.2 Å². The summed E-state index contributed by atoms with van der Waals surface area (Å²) in [5, 5.41) is 4.79. The van der Waals surface area contributed by atoms with Gasteiger partial charge in [-0.25, -0.2) is 8.42 Å². The lowest BCUT2D eigenvalue weighted by molar-refractivity contribution is -0.121. The van der Waals surface area contributed by atoms with Crippen molar-refractivity contribution in [3.63, 3.8) is 0 Å². The number of sulfonamides is 1. The SMILES string of the molecule is CC(=O)NC(CC(=O)N1CCc2cc(S(=O)(=O)N3CCCCC3)ccc21)c1cccs1. The number of anilines is 1. The molecule has 2 amide bonds. The third kappa shape index (κ3) is 4.68. The summed E-state index contributed by atoms with van der Waals surface area (Å²) in [7, 11) is -3.50. The number of rotatable bonds is 6. The number of carbonyl (C=O) groups excluding carboxylic acids is 2. The molecular weight excluding hydrogens is 434 g/mol. The molecule has 1 atom stereocenters. The van der Waals surface area contributed by atoms with Crippen molar-refractivity contribution in [3.8, 4) is 0 Å². The molecule has 7 nitrogen and oxygen atoms in total. The minimum Gasteiger partial charge on any atom is -0.348 e. The molecule has 2 aliphatic rings. The van der Waals surface area contributed by atoms with Crippen molar-refractivity contribution in [2.75, 3.05) is 24.5 Å². The van der Waals surface area contributed by atoms with Crippen LogP contribution < -0.4 is 10.2 Å². The summed E-state index contributed by atoms with van der Waals surface area (Å²) in [6.45, 7) is 3.09. The summed E-state index contributed by atoms with van der Waals surface area (Å²) in [4.78, 5) is 27.6. The fourth-order valence-electron chi connectivity index (χ4n) is 4.29. The van der Waals surface area contributed by atoms with E-state index in [0.29, 0.717) is 31.0 Å². The van der Waals surface area contributed by atoms with Crippen molar-refractivity contribution in [1.29, 1.82) is 0 Å². The predicted molar refractivity (Wildman–Crippen MR) is 121 cm³/mol. The van der Waals surface area contributed by atoms with Crippen molar-refractivity contribution in [1.82, 2.24) is 9.62 Å². The quantitative estimate of drug-likeness (QED) is 0.716. The molecule has 1 fully saturated rings. The smallest absolute Gasteiger partial charge is 0.243 e. The molecule has 2 aliphatic heterocycles. The van der Waals surface area contributed by atoms with E-state index in [1.165, 1.54) is 18.3 Å². The fraction of sp³-hybridized carbons (Fsp3) is 0.455. The number of fused-ring (bicyclic) bond motifs is 1. The largest absolute Gasteiger partial charge is 0.348 e. The van der Waals surface area contributed by atoms with Gasteiger partial charge in [-0.1, -0.05) is 12.5 Å². The monoisotopic (exact) mass is 461 g/mol. The zero-order valence-electron chi connectivity index (χ0n) is 17.5. The summed E-state index contributed by atoms with van der Waals surface area (Å²) in [5.41, 5.74) is 1.63. The number of carbonyl (C=O) groups is 2. The van der Waals surface area contributed by atoms with Gasteiger partial charge in [0.25, 0.3) is 0 Å². The van der Waals surface area contributed by atoms with Crippen LogP contribution in [0.25, 0.3) is 0 Å². The average molecular weight is 462 g/mol. The van der Waals surface area contributed by atoms with Crippen LogP contribution in [-0.2, 0) is 26.0 Å². The Hall–Kier alpha value is -2.23. The first-order chi connectivity index (χ1) is 14.9. The van der Waals surface area contributed by atoms with Crippen molar-refractivity contribution >= 4 is 38.9 Å². The number of hydrogen-bond donors (Lipinski definition) is 1. The van der Waals surface area contributed by atoms with Crippen LogP contribution in [-0.4, -0.2) is 44.2 Å². The van der Waals surface area contributed by atoms with E-state index in [2.05, 4.69) is 5.32 Å². The molecule has 31 heavy (non-hydrogen) atoms. The van der Waals surface area contributed by atoms with Gasteiger partial charge in [-0.3, -0.25) is 9.59 Å². The lowest BCUT2D eigenvalue weighted by Crippen LogP contribution is -2.35. The van der Waals surface area contributed by atoms with Gasteiger partial charge in [0.1, 0.15) is 0 Å². The van der Waals surface area contributed by atoms with Gasteiger partial charge in [-0.05, 0) is 54.5 Å². The normalized spacial score (nSPS) is 17.9. The van der Waals surface area contributed by atoms with E-state index in [9.17, 15) is 18.0 Å². The van der Waals surface area contributed by atoms with Gasteiger partial charge >= 0.3 is 0 Å². The zero-order valence-corrected chi connectivity index (χ0v) is 19.2. The van der Waals surface area contributed by atoms with Gasteiger partial charge in [0, 0.05) is 37.1 Å². The van der Waals surface area contributed by atoms with Gasteiger partial charge in [0.05, 0.1) is 17.4 Å². The molecule has 2 aromatic rings. The maximum atomic E-state index is 13.1. The molecule has 0 radical (unpaired) electrons. The Morgan fingerprint density at radius 3 is 2.58 bits per heavy atom. The number of nitrogens with one attached hydrogen (secondary N) is 1. The van der Waals surface area contributed by atoms with E-state index in [-0.39, 0.29) is 24.3 Å². The van der Waals surface area contributed by atoms with E-state index >= 15 is 0 Å². The standard InChI is InChI=1S/C22H27N3O4S2/c1-16(26)23-19(21-6-5-13-30-21)15-22(27)25-12-9-17-14-18(7-8-20(17)25)31(28,29)24-10-3-2-4-11-24/h5-8,13-14,19H,2-4,9-12,15H2,1H3,(H,23,26). The van der Waals surface area contributed by atoms with E-state index in [1.54, 1.807) is 27.4 Å². The number of hydrogen-bond acceptors (Lipinski definition) is 5. The Bertz CT molecular complexity index is 1060. The minimum atomic E-state index is -3.50. The second kappa shape index (κ2) is 9.10. The first-order valence-corrected chi connectivity index (χ1v) is 12.9. The summed E-state index contributed by atoms with van der Waals surface area (Å²) >= 11 is 1.50. The van der Waals surface area contributed by atoms with Crippen LogP contribution in [0.3, 0.4) is 0 Å². The predicted octanol–water partition coefficient (Wildman–Crippen LogP) is 3.08. The maximum Gasteiger partial charge on any atom is 0.243 e. The van der Waals surface area contributed by atoms with Crippen molar-refractivity contribution < 1.29 is 18.0 Å². The Morgan fingerprint density at radius 1 is 1.13 bits per heavy atom. The second-order valence-electron chi connectivity index (χ2n) is 8.02. The van der Waals surface area contributed by atoms with Crippen LogP contribution in [0.4, 0.5) is 5.69 Å².